The van der Waals surface area contributed by atoms with E-state index in [1.807, 2.05) is 0 Å². The Bertz CT molecular complexity index is 768. The van der Waals surface area contributed by atoms with Crippen molar-refractivity contribution >= 4 is 23.3 Å². The lowest BCUT2D eigenvalue weighted by Crippen LogP contribution is -2.10. The minimum absolute atomic E-state index is 0.00242. The van der Waals surface area contributed by atoms with Gasteiger partial charge in [-0.05, 0) is 30.3 Å². The number of hydrogen-bond acceptors (Lipinski definition) is 5. The van der Waals surface area contributed by atoms with Crippen LogP contribution in [0.5, 0.6) is 0 Å². The molecule has 0 radical (unpaired) electrons. The van der Waals surface area contributed by atoms with Crippen molar-refractivity contribution in [2.45, 2.75) is 6.18 Å². The van der Waals surface area contributed by atoms with Gasteiger partial charge >= 0.3 is 18.1 Å². The predicted octanol–water partition coefficient (Wildman–Crippen LogP) is 4.02. The Hall–Kier alpha value is -3.03. The van der Waals surface area contributed by atoms with E-state index >= 15 is 0 Å². The van der Waals surface area contributed by atoms with Crippen LogP contribution < -0.4 is 5.32 Å². The molecule has 0 aliphatic carbocycles. The SMILES string of the molecule is COC(=O)c1cc(Nc2ccccc2C(F)(F)F)cc(C(=O)OC)c1. The second-order valence-electron chi connectivity index (χ2n) is 4.95. The fourth-order valence-electron chi connectivity index (χ4n) is 2.17. The van der Waals surface area contributed by atoms with Crippen molar-refractivity contribution in [3.63, 3.8) is 0 Å². The average Bonchev–Trinajstić information content (AvgIpc) is 2.59. The molecule has 8 heteroatoms. The Labute approximate surface area is 141 Å². The minimum Gasteiger partial charge on any atom is -0.465 e. The maximum absolute atomic E-state index is 13.1. The summed E-state index contributed by atoms with van der Waals surface area (Å²) in [7, 11) is 2.30. The van der Waals surface area contributed by atoms with Crippen molar-refractivity contribution in [3.05, 3.63) is 59.2 Å². The molecule has 0 amide bonds. The Kier molecular flexibility index (Phi) is 5.31. The van der Waals surface area contributed by atoms with Crippen LogP contribution in [0.4, 0.5) is 24.5 Å². The van der Waals surface area contributed by atoms with E-state index in [1.165, 1.54) is 36.4 Å². The van der Waals surface area contributed by atoms with Gasteiger partial charge in [-0.3, -0.25) is 0 Å². The number of nitrogens with one attached hydrogen (secondary N) is 1. The molecular formula is C17H14F3NO4. The van der Waals surface area contributed by atoms with Crippen LogP contribution in [0.15, 0.2) is 42.5 Å². The summed E-state index contributed by atoms with van der Waals surface area (Å²) in [6, 6.07) is 8.66. The maximum atomic E-state index is 13.1. The molecule has 0 bridgehead atoms. The largest absolute Gasteiger partial charge is 0.465 e. The fourth-order valence-corrected chi connectivity index (χ4v) is 2.17. The lowest BCUT2D eigenvalue weighted by atomic mass is 10.1. The number of carbonyl (C=O) groups excluding carboxylic acids is 2. The highest BCUT2D eigenvalue weighted by Crippen LogP contribution is 2.36. The fraction of sp³-hybridized carbons (Fsp3) is 0.176. The number of benzene rings is 2. The van der Waals surface area contributed by atoms with Crippen LogP contribution in [0, 0.1) is 0 Å². The van der Waals surface area contributed by atoms with Gasteiger partial charge in [0.05, 0.1) is 36.6 Å². The Morgan fingerprint density at radius 3 is 1.92 bits per heavy atom. The molecule has 0 unspecified atom stereocenters. The quantitative estimate of drug-likeness (QED) is 0.841. The van der Waals surface area contributed by atoms with Crippen molar-refractivity contribution in [1.82, 2.24) is 0 Å². The highest BCUT2D eigenvalue weighted by atomic mass is 19.4. The number of methoxy groups -OCH3 is 2. The van der Waals surface area contributed by atoms with Crippen molar-refractivity contribution in [1.29, 1.82) is 0 Å². The molecule has 1 N–H and O–H groups in total. The summed E-state index contributed by atoms with van der Waals surface area (Å²) < 4.78 is 48.4. The topological polar surface area (TPSA) is 64.6 Å². The summed E-state index contributed by atoms with van der Waals surface area (Å²) in [5.41, 5.74) is -0.985. The van der Waals surface area contributed by atoms with Gasteiger partial charge in [0.25, 0.3) is 0 Å². The molecule has 0 aliphatic heterocycles. The lowest BCUT2D eigenvalue weighted by Gasteiger charge is -2.15. The average molecular weight is 353 g/mol. The van der Waals surface area contributed by atoms with Gasteiger partial charge in [-0.15, -0.1) is 0 Å². The zero-order valence-corrected chi connectivity index (χ0v) is 13.3. The minimum atomic E-state index is -4.56. The second-order valence-corrected chi connectivity index (χ2v) is 4.95. The third-order valence-corrected chi connectivity index (χ3v) is 3.29. The molecule has 0 aliphatic rings. The first-order valence-electron chi connectivity index (χ1n) is 7.01. The lowest BCUT2D eigenvalue weighted by molar-refractivity contribution is -0.136. The van der Waals surface area contributed by atoms with Gasteiger partial charge in [-0.2, -0.15) is 13.2 Å². The molecule has 0 spiro atoms. The Morgan fingerprint density at radius 1 is 0.920 bits per heavy atom. The zero-order chi connectivity index (χ0) is 18.6. The van der Waals surface area contributed by atoms with Gasteiger partial charge in [0.15, 0.2) is 0 Å². The molecule has 2 aromatic rings. The van der Waals surface area contributed by atoms with Crippen LogP contribution in [0.3, 0.4) is 0 Å². The van der Waals surface area contributed by atoms with Gasteiger partial charge < -0.3 is 14.8 Å². The molecular weight excluding hydrogens is 339 g/mol. The molecule has 0 fully saturated rings. The van der Waals surface area contributed by atoms with E-state index < -0.39 is 23.7 Å². The molecule has 0 atom stereocenters. The van der Waals surface area contributed by atoms with Gasteiger partial charge in [0.1, 0.15) is 0 Å². The van der Waals surface area contributed by atoms with E-state index in [2.05, 4.69) is 14.8 Å². The number of alkyl halides is 3. The van der Waals surface area contributed by atoms with Gasteiger partial charge in [-0.1, -0.05) is 12.1 Å². The van der Waals surface area contributed by atoms with E-state index in [4.69, 9.17) is 0 Å². The summed E-state index contributed by atoms with van der Waals surface area (Å²) >= 11 is 0. The van der Waals surface area contributed by atoms with Crippen LogP contribution >= 0.6 is 0 Å². The molecule has 132 valence electrons. The monoisotopic (exact) mass is 353 g/mol. The molecule has 0 aromatic heterocycles. The van der Waals surface area contributed by atoms with Gasteiger partial charge in [0.2, 0.25) is 0 Å². The van der Waals surface area contributed by atoms with Crippen molar-refractivity contribution in [3.8, 4) is 0 Å². The zero-order valence-electron chi connectivity index (χ0n) is 13.3. The first-order valence-corrected chi connectivity index (χ1v) is 7.01. The van der Waals surface area contributed by atoms with Crippen molar-refractivity contribution in [2.75, 3.05) is 19.5 Å². The number of hydrogen-bond donors (Lipinski definition) is 1. The maximum Gasteiger partial charge on any atom is 0.418 e. The molecule has 2 aromatic carbocycles. The third kappa shape index (κ3) is 4.28. The standard InChI is InChI=1S/C17H14F3NO4/c1-24-15(22)10-7-11(16(23)25-2)9-12(8-10)21-14-6-4-3-5-13(14)17(18,19)20/h3-9,21H,1-2H3. The Balaban J connectivity index is 2.50. The third-order valence-electron chi connectivity index (χ3n) is 3.29. The summed E-state index contributed by atoms with van der Waals surface area (Å²) in [5.74, 6) is -1.48. The summed E-state index contributed by atoms with van der Waals surface area (Å²) in [6.45, 7) is 0. The second kappa shape index (κ2) is 7.25. The first-order chi connectivity index (χ1) is 11.8. The number of para-hydroxylation sites is 1. The molecule has 5 nitrogen and oxygen atoms in total. The number of anilines is 2. The van der Waals surface area contributed by atoms with E-state index in [0.717, 1.165) is 20.3 Å². The van der Waals surface area contributed by atoms with Crippen LogP contribution in [0.2, 0.25) is 0 Å². The van der Waals surface area contributed by atoms with Crippen LogP contribution in [0.1, 0.15) is 26.3 Å². The van der Waals surface area contributed by atoms with Gasteiger partial charge in [-0.25, -0.2) is 9.59 Å². The number of rotatable bonds is 4. The van der Waals surface area contributed by atoms with E-state index in [0.29, 0.717) is 0 Å². The van der Waals surface area contributed by atoms with Crippen LogP contribution in [-0.2, 0) is 15.7 Å². The number of halogens is 3. The van der Waals surface area contributed by atoms with Crippen LogP contribution in [0.25, 0.3) is 0 Å². The van der Waals surface area contributed by atoms with E-state index in [1.54, 1.807) is 0 Å². The normalized spacial score (nSPS) is 10.9. The van der Waals surface area contributed by atoms with E-state index in [-0.39, 0.29) is 22.5 Å². The van der Waals surface area contributed by atoms with Crippen LogP contribution in [-0.4, -0.2) is 26.2 Å². The molecule has 0 saturated carbocycles. The highest BCUT2D eigenvalue weighted by molar-refractivity contribution is 5.97. The summed E-state index contributed by atoms with van der Waals surface area (Å²) in [6.07, 6.45) is -4.56. The first kappa shape index (κ1) is 18.3. The molecule has 0 saturated heterocycles. The smallest absolute Gasteiger partial charge is 0.418 e. The number of ether oxygens (including phenoxy) is 2. The molecule has 25 heavy (non-hydrogen) atoms. The number of carbonyl (C=O) groups is 2. The van der Waals surface area contributed by atoms with E-state index in [9.17, 15) is 22.8 Å². The van der Waals surface area contributed by atoms with Gasteiger partial charge in [0, 0.05) is 5.69 Å². The number of esters is 2. The predicted molar refractivity (Wildman–Crippen MR) is 83.8 cm³/mol. The summed E-state index contributed by atoms with van der Waals surface area (Å²) in [5, 5.41) is 2.58. The van der Waals surface area contributed by atoms with Crippen molar-refractivity contribution in [2.24, 2.45) is 0 Å². The molecule has 0 heterocycles. The Morgan fingerprint density at radius 2 is 1.44 bits per heavy atom. The summed E-state index contributed by atoms with van der Waals surface area (Å²) in [4.78, 5) is 23.5. The highest BCUT2D eigenvalue weighted by Gasteiger charge is 2.33. The molecule has 2 rings (SSSR count). The van der Waals surface area contributed by atoms with Crippen molar-refractivity contribution < 1.29 is 32.2 Å².